The Kier molecular flexibility index (Phi) is 12.0. The smallest absolute Gasteiger partial charge is 0.430 e. The minimum Gasteiger partial charge on any atom is -0.493 e. The van der Waals surface area contributed by atoms with Crippen LogP contribution in [-0.2, 0) is 28.9 Å². The van der Waals surface area contributed by atoms with Crippen molar-refractivity contribution in [2.24, 2.45) is 0 Å². The van der Waals surface area contributed by atoms with E-state index in [9.17, 15) is 36.2 Å². The van der Waals surface area contributed by atoms with Gasteiger partial charge in [-0.3, -0.25) is 0 Å². The van der Waals surface area contributed by atoms with Crippen molar-refractivity contribution in [1.29, 1.82) is 0 Å². The number of hydrogen-bond donors (Lipinski definition) is 2. The highest BCUT2D eigenvalue weighted by Gasteiger charge is 2.71. The van der Waals surface area contributed by atoms with Gasteiger partial charge in [-0.15, -0.1) is 0 Å². The molecule has 2 aromatic rings. The number of ether oxygens (including phenoxy) is 4. The fourth-order valence-corrected chi connectivity index (χ4v) is 5.97. The number of rotatable bonds is 15. The first-order valence-corrected chi connectivity index (χ1v) is 16.5. The van der Waals surface area contributed by atoms with Crippen molar-refractivity contribution in [1.82, 2.24) is 10.2 Å². The molecule has 1 saturated heterocycles. The maximum absolute atomic E-state index is 13.8. The van der Waals surface area contributed by atoms with Gasteiger partial charge in [0.15, 0.2) is 17.2 Å². The van der Waals surface area contributed by atoms with Crippen LogP contribution in [0.3, 0.4) is 0 Å². The summed E-state index contributed by atoms with van der Waals surface area (Å²) < 4.78 is 106. The average molecular weight is 691 g/mol. The second-order valence-electron chi connectivity index (χ2n) is 12.1. The number of halogens is 6. The standard InChI is InChI=1S/C34H44F6N2O6/c1-4-7-8-12-24-20-26(32(44,33(35,36)37)34(38,39)40)19-23(11-5-2)29(24)47-16-10-9-15-42-22-48-31(6-3,41-30(42)43)25-13-14-27-28(21-25)46-18-17-45-27/h13-14,19-21,44H,4-12,15-18,22H2,1-3H3,(H,41,43). The molecule has 1 unspecified atom stereocenters. The number of amides is 2. The number of nitrogens with zero attached hydrogens (tertiary/aromatic N) is 1. The zero-order chi connectivity index (χ0) is 35.2. The van der Waals surface area contributed by atoms with Crippen molar-refractivity contribution in [2.45, 2.75) is 102 Å². The molecule has 4 rings (SSSR count). The van der Waals surface area contributed by atoms with Crippen molar-refractivity contribution in [3.63, 3.8) is 0 Å². The van der Waals surface area contributed by atoms with E-state index in [0.717, 1.165) is 24.1 Å². The lowest BCUT2D eigenvalue weighted by Crippen LogP contribution is -2.59. The molecule has 8 nitrogen and oxygen atoms in total. The largest absolute Gasteiger partial charge is 0.493 e. The Hall–Kier alpha value is -3.39. The van der Waals surface area contributed by atoms with Crippen LogP contribution in [-0.4, -0.2) is 61.5 Å². The first-order chi connectivity index (χ1) is 22.7. The fourth-order valence-electron chi connectivity index (χ4n) is 5.97. The molecule has 1 fully saturated rings. The van der Waals surface area contributed by atoms with E-state index in [0.29, 0.717) is 69.8 Å². The number of unbranched alkanes of at least 4 members (excludes halogenated alkanes) is 3. The van der Waals surface area contributed by atoms with Crippen LogP contribution in [0.15, 0.2) is 30.3 Å². The summed E-state index contributed by atoms with van der Waals surface area (Å²) in [5.74, 6) is 1.44. The topological polar surface area (TPSA) is 89.5 Å². The van der Waals surface area contributed by atoms with Gasteiger partial charge in [0, 0.05) is 17.7 Å². The molecular weight excluding hydrogens is 646 g/mol. The van der Waals surface area contributed by atoms with Gasteiger partial charge in [0.2, 0.25) is 0 Å². The van der Waals surface area contributed by atoms with Crippen LogP contribution in [0.2, 0.25) is 0 Å². The van der Waals surface area contributed by atoms with Gasteiger partial charge in [0.05, 0.1) is 6.61 Å². The maximum atomic E-state index is 13.8. The summed E-state index contributed by atoms with van der Waals surface area (Å²) in [7, 11) is 0. The Morgan fingerprint density at radius 1 is 0.875 bits per heavy atom. The van der Waals surface area contributed by atoms with Gasteiger partial charge in [-0.25, -0.2) is 4.79 Å². The molecule has 2 heterocycles. The molecule has 0 saturated carbocycles. The first-order valence-electron chi connectivity index (χ1n) is 16.5. The SMILES string of the molecule is CCCCCc1cc(C(O)(C(F)(F)F)C(F)(F)F)cc(CCC)c1OCCCCN1COC(CC)(c2ccc3c(c2)OCCO3)NC1=O. The zero-order valence-corrected chi connectivity index (χ0v) is 27.5. The summed E-state index contributed by atoms with van der Waals surface area (Å²) in [5, 5.41) is 13.1. The predicted octanol–water partition coefficient (Wildman–Crippen LogP) is 7.88. The van der Waals surface area contributed by atoms with Crippen LogP contribution in [0, 0.1) is 0 Å². The third-order valence-electron chi connectivity index (χ3n) is 8.69. The van der Waals surface area contributed by atoms with Crippen LogP contribution in [0.1, 0.15) is 88.0 Å². The Labute approximate surface area is 276 Å². The van der Waals surface area contributed by atoms with Gasteiger partial charge < -0.3 is 34.3 Å². The third-order valence-corrected chi connectivity index (χ3v) is 8.69. The van der Waals surface area contributed by atoms with E-state index in [1.165, 1.54) is 4.90 Å². The Morgan fingerprint density at radius 3 is 2.15 bits per heavy atom. The Morgan fingerprint density at radius 2 is 1.54 bits per heavy atom. The number of hydrogen-bond acceptors (Lipinski definition) is 6. The van der Waals surface area contributed by atoms with E-state index in [2.05, 4.69) is 5.32 Å². The number of aryl methyl sites for hydroxylation is 2. The van der Waals surface area contributed by atoms with Crippen molar-refractivity contribution >= 4 is 6.03 Å². The predicted molar refractivity (Wildman–Crippen MR) is 165 cm³/mol. The van der Waals surface area contributed by atoms with Crippen molar-refractivity contribution in [3.05, 3.63) is 52.6 Å². The van der Waals surface area contributed by atoms with Gasteiger partial charge >= 0.3 is 18.4 Å². The number of fused-ring (bicyclic) bond motifs is 1. The van der Waals surface area contributed by atoms with Crippen molar-refractivity contribution < 1.29 is 55.2 Å². The number of benzene rings is 2. The molecule has 1 atom stereocenters. The number of alkyl halides is 6. The molecule has 0 radical (unpaired) electrons. The van der Waals surface area contributed by atoms with Gasteiger partial charge in [-0.2, -0.15) is 26.3 Å². The Balaban J connectivity index is 1.43. The Bertz CT molecular complexity index is 1390. The molecule has 2 aliphatic heterocycles. The highest BCUT2D eigenvalue weighted by Crippen LogP contribution is 2.51. The molecule has 0 aromatic heterocycles. The molecule has 14 heteroatoms. The summed E-state index contributed by atoms with van der Waals surface area (Å²) >= 11 is 0. The normalized spacial score (nSPS) is 18.5. The highest BCUT2D eigenvalue weighted by molar-refractivity contribution is 5.75. The monoisotopic (exact) mass is 690 g/mol. The number of carbonyl (C=O) groups excluding carboxylic acids is 1. The summed E-state index contributed by atoms with van der Waals surface area (Å²) in [6, 6.07) is 6.63. The number of carbonyl (C=O) groups is 1. The maximum Gasteiger partial charge on any atom is 0.430 e. The van der Waals surface area contributed by atoms with Gasteiger partial charge in [0.1, 0.15) is 25.7 Å². The van der Waals surface area contributed by atoms with Crippen molar-refractivity contribution in [2.75, 3.05) is 33.1 Å². The number of aliphatic hydroxyl groups is 1. The molecule has 2 amide bonds. The van der Waals surface area contributed by atoms with E-state index < -0.39 is 29.2 Å². The molecule has 2 N–H and O–H groups in total. The van der Waals surface area contributed by atoms with Gasteiger partial charge in [0.25, 0.3) is 5.60 Å². The quantitative estimate of drug-likeness (QED) is 0.146. The molecule has 268 valence electrons. The van der Waals surface area contributed by atoms with E-state index in [-0.39, 0.29) is 49.1 Å². The molecule has 0 aliphatic carbocycles. The molecular formula is C34H44F6N2O6. The molecule has 0 spiro atoms. The lowest BCUT2D eigenvalue weighted by Gasteiger charge is -2.42. The van der Waals surface area contributed by atoms with Crippen LogP contribution in [0.25, 0.3) is 0 Å². The zero-order valence-electron chi connectivity index (χ0n) is 27.5. The first kappa shape index (κ1) is 37.4. The van der Waals surface area contributed by atoms with Gasteiger partial charge in [-0.05, 0) is 73.9 Å². The van der Waals surface area contributed by atoms with E-state index in [4.69, 9.17) is 18.9 Å². The lowest BCUT2D eigenvalue weighted by molar-refractivity contribution is -0.376. The van der Waals surface area contributed by atoms with E-state index >= 15 is 0 Å². The summed E-state index contributed by atoms with van der Waals surface area (Å²) in [6.45, 7) is 6.92. The number of urea groups is 1. The summed E-state index contributed by atoms with van der Waals surface area (Å²) in [4.78, 5) is 14.6. The summed E-state index contributed by atoms with van der Waals surface area (Å²) in [6.07, 6.45) is -7.77. The van der Waals surface area contributed by atoms with E-state index in [1.807, 2.05) is 19.9 Å². The average Bonchev–Trinajstić information content (AvgIpc) is 3.04. The second-order valence-corrected chi connectivity index (χ2v) is 12.1. The van der Waals surface area contributed by atoms with Crippen LogP contribution in [0.5, 0.6) is 17.2 Å². The molecule has 48 heavy (non-hydrogen) atoms. The van der Waals surface area contributed by atoms with Gasteiger partial charge in [-0.1, -0.05) is 46.1 Å². The van der Waals surface area contributed by atoms with Crippen LogP contribution in [0.4, 0.5) is 31.1 Å². The second kappa shape index (κ2) is 15.4. The molecule has 2 aliphatic rings. The fraction of sp³-hybridized carbons (Fsp3) is 0.618. The number of nitrogens with one attached hydrogen (secondary N) is 1. The van der Waals surface area contributed by atoms with Crippen molar-refractivity contribution in [3.8, 4) is 17.2 Å². The lowest BCUT2D eigenvalue weighted by atomic mass is 9.87. The van der Waals surface area contributed by atoms with Crippen LogP contribution >= 0.6 is 0 Å². The highest BCUT2D eigenvalue weighted by atomic mass is 19.4. The van der Waals surface area contributed by atoms with E-state index in [1.54, 1.807) is 19.1 Å². The third kappa shape index (κ3) is 7.90. The molecule has 2 aromatic carbocycles. The molecule has 0 bridgehead atoms. The summed E-state index contributed by atoms with van der Waals surface area (Å²) in [5.41, 5.74) is -6.24. The minimum atomic E-state index is -5.98. The minimum absolute atomic E-state index is 0.0278. The van der Waals surface area contributed by atoms with Crippen LogP contribution < -0.4 is 19.5 Å².